The summed E-state index contributed by atoms with van der Waals surface area (Å²) in [6.07, 6.45) is -2.78. The lowest BCUT2D eigenvalue weighted by atomic mass is 10.2. The van der Waals surface area contributed by atoms with Gasteiger partial charge in [-0.2, -0.15) is 0 Å². The van der Waals surface area contributed by atoms with E-state index in [9.17, 15) is 4.79 Å². The molecule has 104 valence electrons. The van der Waals surface area contributed by atoms with Crippen molar-refractivity contribution in [3.8, 4) is 5.75 Å². The number of phenolic OH excluding ortho intramolecular Hbond substituents is 1. The molecule has 0 fully saturated rings. The summed E-state index contributed by atoms with van der Waals surface area (Å²) < 4.78 is 4.32. The van der Waals surface area contributed by atoms with Gasteiger partial charge in [-0.3, -0.25) is 0 Å². The van der Waals surface area contributed by atoms with Gasteiger partial charge >= 0.3 is 5.97 Å². The number of ether oxygens (including phenoxy) is 1. The molecular weight excluding hydrogens is 256 g/mol. The Morgan fingerprint density at radius 1 is 1.16 bits per heavy atom. The second-order valence-electron chi connectivity index (χ2n) is 3.65. The van der Waals surface area contributed by atoms with Gasteiger partial charge in [0.2, 0.25) is 5.76 Å². The molecule has 1 heterocycles. The van der Waals surface area contributed by atoms with Gasteiger partial charge in [0.1, 0.15) is 11.9 Å². The Balaban J connectivity index is 0.000000218. The summed E-state index contributed by atoms with van der Waals surface area (Å²) in [5.41, 5.74) is 0. The van der Waals surface area contributed by atoms with E-state index in [1.54, 1.807) is 24.3 Å². The lowest BCUT2D eigenvalue weighted by Gasteiger charge is -2.13. The largest absolute Gasteiger partial charge is 0.508 e. The lowest BCUT2D eigenvalue weighted by Crippen LogP contribution is -2.31. The first-order valence-electron chi connectivity index (χ1n) is 5.33. The first-order chi connectivity index (χ1) is 8.97. The van der Waals surface area contributed by atoms with E-state index in [-0.39, 0.29) is 0 Å². The third kappa shape index (κ3) is 3.87. The molecule has 0 bridgehead atoms. The van der Waals surface area contributed by atoms with E-state index in [2.05, 4.69) is 4.74 Å². The van der Waals surface area contributed by atoms with Crippen LogP contribution in [0, 0.1) is 0 Å². The summed E-state index contributed by atoms with van der Waals surface area (Å²) in [6, 6.07) is 8.71. The summed E-state index contributed by atoms with van der Waals surface area (Å²) in [6.45, 7) is -0.671. The topological polar surface area (TPSA) is 127 Å². The van der Waals surface area contributed by atoms with Crippen molar-refractivity contribution in [3.05, 3.63) is 41.9 Å². The highest BCUT2D eigenvalue weighted by molar-refractivity contribution is 5.89. The molecule has 2 rings (SSSR count). The van der Waals surface area contributed by atoms with E-state index in [1.165, 1.54) is 0 Å². The van der Waals surface area contributed by atoms with Gasteiger partial charge in [0, 0.05) is 0 Å². The summed E-state index contributed by atoms with van der Waals surface area (Å²) in [5, 5.41) is 43.7. The molecule has 19 heavy (non-hydrogen) atoms. The Morgan fingerprint density at radius 3 is 2.05 bits per heavy atom. The van der Waals surface area contributed by atoms with Crippen molar-refractivity contribution >= 4 is 5.97 Å². The maximum absolute atomic E-state index is 10.5. The van der Waals surface area contributed by atoms with E-state index in [4.69, 9.17) is 25.5 Å². The number of carbonyl (C=O) groups excluding carboxylic acids is 1. The molecule has 0 unspecified atom stereocenters. The molecule has 7 nitrogen and oxygen atoms in total. The van der Waals surface area contributed by atoms with Crippen molar-refractivity contribution in [1.29, 1.82) is 0 Å². The van der Waals surface area contributed by atoms with Gasteiger partial charge in [0.05, 0.1) is 6.61 Å². The van der Waals surface area contributed by atoms with Crippen molar-refractivity contribution in [2.75, 3.05) is 6.61 Å². The fourth-order valence-corrected chi connectivity index (χ4v) is 1.25. The van der Waals surface area contributed by atoms with Gasteiger partial charge in [0.25, 0.3) is 0 Å². The Labute approximate surface area is 108 Å². The number of hydrogen-bond donors (Lipinski definition) is 5. The van der Waals surface area contributed by atoms with Crippen molar-refractivity contribution in [2.24, 2.45) is 0 Å². The highest BCUT2D eigenvalue weighted by Gasteiger charge is 2.38. The number of phenols is 1. The van der Waals surface area contributed by atoms with Gasteiger partial charge < -0.3 is 30.3 Å². The SMILES string of the molecule is O=C1O[C@H]([C@@H](O)CO)C(O)=C1O.Oc1ccccc1. The van der Waals surface area contributed by atoms with Crippen molar-refractivity contribution in [1.82, 2.24) is 0 Å². The van der Waals surface area contributed by atoms with Crippen LogP contribution >= 0.6 is 0 Å². The number of aliphatic hydroxyl groups is 4. The number of aliphatic hydroxyl groups excluding tert-OH is 4. The molecule has 0 radical (unpaired) electrons. The lowest BCUT2D eigenvalue weighted by molar-refractivity contribution is -0.147. The Hall–Kier alpha value is -2.25. The highest BCUT2D eigenvalue weighted by atomic mass is 16.6. The molecule has 0 saturated carbocycles. The fourth-order valence-electron chi connectivity index (χ4n) is 1.25. The standard InChI is InChI=1S/C6H8O6.C6H6O/c7-1-2(8)5-3(9)4(10)6(11)12-5;7-6-4-2-1-3-5-6/h2,5,7-10H,1H2;1-5,7H/t2-,5+;/m0./s1. The quantitative estimate of drug-likeness (QED) is 0.478. The predicted octanol–water partition coefficient (Wildman–Crippen LogP) is -0.0152. The average molecular weight is 270 g/mol. The van der Waals surface area contributed by atoms with Crippen LogP contribution in [-0.2, 0) is 9.53 Å². The van der Waals surface area contributed by atoms with Gasteiger partial charge in [-0.05, 0) is 12.1 Å². The zero-order valence-electron chi connectivity index (χ0n) is 9.80. The van der Waals surface area contributed by atoms with Crippen LogP contribution in [0.25, 0.3) is 0 Å². The molecule has 0 saturated heterocycles. The number of para-hydroxylation sites is 1. The second kappa shape index (κ2) is 6.62. The van der Waals surface area contributed by atoms with Gasteiger partial charge in [-0.25, -0.2) is 4.79 Å². The second-order valence-corrected chi connectivity index (χ2v) is 3.65. The third-order valence-corrected chi connectivity index (χ3v) is 2.23. The molecule has 1 aromatic rings. The maximum atomic E-state index is 10.5. The number of aromatic hydroxyl groups is 1. The highest BCUT2D eigenvalue weighted by Crippen LogP contribution is 2.20. The summed E-state index contributed by atoms with van der Waals surface area (Å²) >= 11 is 0. The number of benzene rings is 1. The zero-order valence-corrected chi connectivity index (χ0v) is 9.80. The van der Waals surface area contributed by atoms with Crippen molar-refractivity contribution in [3.63, 3.8) is 0 Å². The molecule has 0 aliphatic carbocycles. The molecule has 5 N–H and O–H groups in total. The number of cyclic esters (lactones) is 1. The smallest absolute Gasteiger partial charge is 0.377 e. The molecule has 0 amide bonds. The molecule has 1 aromatic carbocycles. The number of esters is 1. The van der Waals surface area contributed by atoms with Crippen LogP contribution in [0.2, 0.25) is 0 Å². The summed E-state index contributed by atoms with van der Waals surface area (Å²) in [7, 11) is 0. The Bertz CT molecular complexity index is 454. The molecule has 2 atom stereocenters. The number of carbonyl (C=O) groups is 1. The first-order valence-corrected chi connectivity index (χ1v) is 5.33. The van der Waals surface area contributed by atoms with Gasteiger partial charge in [-0.1, -0.05) is 18.2 Å². The zero-order chi connectivity index (χ0) is 14.4. The maximum Gasteiger partial charge on any atom is 0.377 e. The Morgan fingerprint density at radius 2 is 1.74 bits per heavy atom. The minimum absolute atomic E-state index is 0.322. The van der Waals surface area contributed by atoms with Crippen LogP contribution in [0.1, 0.15) is 0 Å². The molecule has 0 aromatic heterocycles. The van der Waals surface area contributed by atoms with Crippen LogP contribution in [0.5, 0.6) is 5.75 Å². The van der Waals surface area contributed by atoms with Crippen LogP contribution in [0.15, 0.2) is 41.9 Å². The van der Waals surface area contributed by atoms with Crippen LogP contribution < -0.4 is 0 Å². The minimum atomic E-state index is -1.42. The van der Waals surface area contributed by atoms with Crippen molar-refractivity contribution < 1.29 is 35.1 Å². The van der Waals surface area contributed by atoms with Crippen molar-refractivity contribution in [2.45, 2.75) is 12.2 Å². The normalized spacial score (nSPS) is 19.5. The van der Waals surface area contributed by atoms with E-state index in [1.807, 2.05) is 6.07 Å². The minimum Gasteiger partial charge on any atom is -0.508 e. The molecular formula is C12H14O7. The fraction of sp³-hybridized carbons (Fsp3) is 0.250. The Kier molecular flexibility index (Phi) is 5.16. The molecule has 1 aliphatic rings. The molecule has 1 aliphatic heterocycles. The molecule has 0 spiro atoms. The van der Waals surface area contributed by atoms with Gasteiger partial charge in [0.15, 0.2) is 11.9 Å². The van der Waals surface area contributed by atoms with E-state index < -0.39 is 36.3 Å². The van der Waals surface area contributed by atoms with Crippen LogP contribution in [0.3, 0.4) is 0 Å². The predicted molar refractivity (Wildman–Crippen MR) is 63.4 cm³/mol. The average Bonchev–Trinajstić information content (AvgIpc) is 2.67. The molecule has 7 heteroatoms. The summed E-state index contributed by atoms with van der Waals surface area (Å²) in [4.78, 5) is 10.5. The van der Waals surface area contributed by atoms with Gasteiger partial charge in [-0.15, -0.1) is 0 Å². The number of hydrogen-bond acceptors (Lipinski definition) is 7. The van der Waals surface area contributed by atoms with Crippen LogP contribution in [-0.4, -0.2) is 50.3 Å². The van der Waals surface area contributed by atoms with Crippen LogP contribution in [0.4, 0.5) is 0 Å². The third-order valence-electron chi connectivity index (χ3n) is 2.23. The summed E-state index contributed by atoms with van der Waals surface area (Å²) in [5.74, 6) is -2.46. The van der Waals surface area contributed by atoms with E-state index in [0.29, 0.717) is 5.75 Å². The number of rotatable bonds is 2. The van der Waals surface area contributed by atoms with E-state index in [0.717, 1.165) is 0 Å². The monoisotopic (exact) mass is 270 g/mol. The van der Waals surface area contributed by atoms with E-state index >= 15 is 0 Å². The first kappa shape index (κ1) is 14.8.